The lowest BCUT2D eigenvalue weighted by Gasteiger charge is -2.28. The van der Waals surface area contributed by atoms with Crippen LogP contribution in [0.3, 0.4) is 0 Å². The first-order chi connectivity index (χ1) is 13.4. The Morgan fingerprint density at radius 3 is 2.75 bits per heavy atom. The van der Waals surface area contributed by atoms with Gasteiger partial charge in [-0.15, -0.1) is 0 Å². The van der Waals surface area contributed by atoms with Crippen LogP contribution in [0, 0.1) is 6.92 Å². The molecule has 4 rings (SSSR count). The normalized spacial score (nSPS) is 11.2. The number of anilines is 2. The maximum absolute atomic E-state index is 10.6. The first-order valence-corrected chi connectivity index (χ1v) is 9.81. The fraction of sp³-hybridized carbons (Fsp3) is 0.158. The molecule has 0 aliphatic heterocycles. The van der Waals surface area contributed by atoms with Crippen LogP contribution in [-0.4, -0.2) is 33.6 Å². The van der Waals surface area contributed by atoms with E-state index >= 15 is 0 Å². The van der Waals surface area contributed by atoms with E-state index in [1.54, 1.807) is 37.3 Å². The fourth-order valence-electron chi connectivity index (χ4n) is 3.37. The summed E-state index contributed by atoms with van der Waals surface area (Å²) in [5, 5.41) is 11.2. The summed E-state index contributed by atoms with van der Waals surface area (Å²) < 4.78 is 8.13. The molecule has 2 aromatic carbocycles. The van der Waals surface area contributed by atoms with E-state index < -0.39 is 7.05 Å². The molecule has 2 heterocycles. The summed E-state index contributed by atoms with van der Waals surface area (Å²) >= 11 is 10.0. The minimum absolute atomic E-state index is 0.538. The molecule has 4 aromatic rings. The molecule has 0 amide bonds. The number of rotatable bonds is 4. The molecule has 28 heavy (non-hydrogen) atoms. The summed E-state index contributed by atoms with van der Waals surface area (Å²) in [6.45, 7) is 3.64. The minimum atomic E-state index is -0.857. The van der Waals surface area contributed by atoms with Crippen LogP contribution in [-0.2, 0) is 0 Å². The summed E-state index contributed by atoms with van der Waals surface area (Å²) in [4.78, 5) is 10.9. The van der Waals surface area contributed by atoms with Gasteiger partial charge in [0.05, 0.1) is 45.9 Å². The molecule has 9 heteroatoms. The molecule has 0 saturated heterocycles. The highest BCUT2D eigenvalue weighted by Crippen LogP contribution is 2.38. The van der Waals surface area contributed by atoms with Gasteiger partial charge in [-0.3, -0.25) is 4.40 Å². The lowest BCUT2D eigenvalue weighted by molar-refractivity contribution is 0.412. The van der Waals surface area contributed by atoms with Crippen LogP contribution < -0.4 is 9.55 Å². The molecule has 142 valence electrons. The van der Waals surface area contributed by atoms with Crippen molar-refractivity contribution in [1.29, 1.82) is 0 Å². The number of para-hydroxylation sites is 1. The van der Waals surface area contributed by atoms with Crippen molar-refractivity contribution in [3.63, 3.8) is 0 Å². The summed E-state index contributed by atoms with van der Waals surface area (Å²) in [6.07, 6.45) is 3.44. The van der Waals surface area contributed by atoms with Crippen LogP contribution in [0.1, 0.15) is 5.56 Å². The zero-order valence-corrected chi connectivity index (χ0v) is 17.9. The van der Waals surface area contributed by atoms with Gasteiger partial charge in [0.25, 0.3) is 0 Å². The molecule has 0 aliphatic rings. The Kier molecular flexibility index (Phi) is 4.95. The molecule has 0 bridgehead atoms. The summed E-state index contributed by atoms with van der Waals surface area (Å²) in [5.41, 5.74) is 3.96. The number of halogens is 2. The first kappa shape index (κ1) is 19.0. The standard InChI is InChI=1S/C19H17BBrClN4O2/c1-11-5-4-6-13(22)18(11)26(20(2)27)19-16-9-23-10-25(16)15-8-17(28-3)12(21)7-14(15)24-19/h4-10,27H,1-3H3. The average molecular weight is 460 g/mol. The average Bonchev–Trinajstić information content (AvgIpc) is 3.13. The molecule has 0 aliphatic carbocycles. The monoisotopic (exact) mass is 458 g/mol. The van der Waals surface area contributed by atoms with Crippen molar-refractivity contribution in [3.05, 3.63) is 57.9 Å². The minimum Gasteiger partial charge on any atom is -0.495 e. The van der Waals surface area contributed by atoms with Gasteiger partial charge in [-0.05, 0) is 47.4 Å². The predicted molar refractivity (Wildman–Crippen MR) is 117 cm³/mol. The summed E-state index contributed by atoms with van der Waals surface area (Å²) in [7, 11) is 0.762. The second kappa shape index (κ2) is 7.27. The highest BCUT2D eigenvalue weighted by atomic mass is 79.9. The molecule has 0 fully saturated rings. The Hall–Kier alpha value is -2.29. The third-order valence-corrected chi connectivity index (χ3v) is 5.56. The van der Waals surface area contributed by atoms with Crippen LogP contribution in [0.5, 0.6) is 5.75 Å². The molecular weight excluding hydrogens is 442 g/mol. The van der Waals surface area contributed by atoms with Gasteiger partial charge in [-0.1, -0.05) is 23.7 Å². The number of aromatic nitrogens is 3. The number of imidazole rings is 1. The SMILES string of the molecule is COc1cc2c(cc1Br)nc(N(B(C)O)c1c(C)cccc1Cl)c1cncn12. The third-order valence-electron chi connectivity index (χ3n) is 4.63. The smallest absolute Gasteiger partial charge is 0.415 e. The largest absolute Gasteiger partial charge is 0.495 e. The highest BCUT2D eigenvalue weighted by molar-refractivity contribution is 9.10. The lowest BCUT2D eigenvalue weighted by Crippen LogP contribution is -2.34. The van der Waals surface area contributed by atoms with Crippen molar-refractivity contribution in [2.45, 2.75) is 13.7 Å². The summed E-state index contributed by atoms with van der Waals surface area (Å²) in [5.74, 6) is 1.26. The fourth-order valence-corrected chi connectivity index (χ4v) is 4.18. The van der Waals surface area contributed by atoms with Crippen molar-refractivity contribution in [2.24, 2.45) is 0 Å². The Bertz CT molecular complexity index is 1180. The molecule has 0 spiro atoms. The Balaban J connectivity index is 2.07. The van der Waals surface area contributed by atoms with E-state index in [4.69, 9.17) is 21.3 Å². The van der Waals surface area contributed by atoms with Crippen molar-refractivity contribution in [1.82, 2.24) is 14.4 Å². The first-order valence-electron chi connectivity index (χ1n) is 8.64. The number of methoxy groups -OCH3 is 1. The molecule has 0 radical (unpaired) electrons. The maximum atomic E-state index is 10.6. The Labute approximate surface area is 176 Å². The van der Waals surface area contributed by atoms with Gasteiger partial charge in [0.15, 0.2) is 0 Å². The van der Waals surface area contributed by atoms with E-state index in [1.807, 2.05) is 35.6 Å². The van der Waals surface area contributed by atoms with Crippen molar-refractivity contribution >= 4 is 62.6 Å². The predicted octanol–water partition coefficient (Wildman–Crippen LogP) is 4.86. The number of aryl methyl sites for hydroxylation is 1. The molecule has 6 nitrogen and oxygen atoms in total. The van der Waals surface area contributed by atoms with E-state index in [-0.39, 0.29) is 0 Å². The Morgan fingerprint density at radius 1 is 1.29 bits per heavy atom. The van der Waals surface area contributed by atoms with E-state index in [2.05, 4.69) is 20.9 Å². The van der Waals surface area contributed by atoms with Crippen molar-refractivity contribution in [2.75, 3.05) is 11.9 Å². The van der Waals surface area contributed by atoms with Gasteiger partial charge in [-0.25, -0.2) is 9.97 Å². The number of fused-ring (bicyclic) bond motifs is 3. The van der Waals surface area contributed by atoms with Crippen molar-refractivity contribution in [3.8, 4) is 5.75 Å². The summed E-state index contributed by atoms with van der Waals surface area (Å²) in [6, 6.07) is 9.42. The number of hydrogen-bond acceptors (Lipinski definition) is 5. The molecule has 2 aromatic heterocycles. The molecule has 0 unspecified atom stereocenters. The topological polar surface area (TPSA) is 62.9 Å². The molecule has 0 atom stereocenters. The number of ether oxygens (including phenoxy) is 1. The number of hydrogen-bond donors (Lipinski definition) is 1. The number of nitrogens with zero attached hydrogens (tertiary/aromatic N) is 4. The zero-order chi connectivity index (χ0) is 20.0. The van der Waals surface area contributed by atoms with Crippen LogP contribution in [0.15, 0.2) is 47.3 Å². The lowest BCUT2D eigenvalue weighted by atomic mass is 9.83. The van der Waals surface area contributed by atoms with Gasteiger partial charge in [0.1, 0.15) is 17.1 Å². The van der Waals surface area contributed by atoms with E-state index in [9.17, 15) is 5.02 Å². The van der Waals surface area contributed by atoms with Crippen molar-refractivity contribution < 1.29 is 9.76 Å². The molecule has 1 N–H and O–H groups in total. The third kappa shape index (κ3) is 3.01. The zero-order valence-electron chi connectivity index (χ0n) is 15.5. The maximum Gasteiger partial charge on any atom is 0.415 e. The number of benzene rings is 2. The van der Waals surface area contributed by atoms with E-state index in [1.165, 1.54) is 0 Å². The van der Waals surface area contributed by atoms with E-state index in [0.29, 0.717) is 22.3 Å². The van der Waals surface area contributed by atoms with Crippen LogP contribution in [0.25, 0.3) is 16.6 Å². The van der Waals surface area contributed by atoms with Crippen LogP contribution >= 0.6 is 27.5 Å². The van der Waals surface area contributed by atoms with Gasteiger partial charge in [0.2, 0.25) is 0 Å². The molecule has 0 saturated carbocycles. The van der Waals surface area contributed by atoms with Gasteiger partial charge < -0.3 is 14.6 Å². The van der Waals surface area contributed by atoms with E-state index in [0.717, 1.165) is 26.6 Å². The highest BCUT2D eigenvalue weighted by Gasteiger charge is 2.27. The van der Waals surface area contributed by atoms with Gasteiger partial charge >= 0.3 is 7.05 Å². The second-order valence-corrected chi connectivity index (χ2v) is 7.73. The second-order valence-electron chi connectivity index (χ2n) is 6.47. The Morgan fingerprint density at radius 2 is 2.07 bits per heavy atom. The quantitative estimate of drug-likeness (QED) is 0.442. The van der Waals surface area contributed by atoms with Gasteiger partial charge in [-0.2, -0.15) is 0 Å². The molecular formula is C19H17BBrClN4O2. The van der Waals surface area contributed by atoms with Crippen LogP contribution in [0.2, 0.25) is 11.8 Å². The van der Waals surface area contributed by atoms with Crippen LogP contribution in [0.4, 0.5) is 11.5 Å². The van der Waals surface area contributed by atoms with Gasteiger partial charge in [0, 0.05) is 6.07 Å².